The fraction of sp³-hybridized carbons (Fsp3) is 0.444. The highest BCUT2D eigenvalue weighted by Crippen LogP contribution is 2.26. The van der Waals surface area contributed by atoms with E-state index in [2.05, 4.69) is 10.2 Å². The summed E-state index contributed by atoms with van der Waals surface area (Å²) in [5, 5.41) is 15.4. The highest BCUT2D eigenvalue weighted by atomic mass is 35.5. The predicted molar refractivity (Wildman–Crippen MR) is 54.7 cm³/mol. The Hall–Kier alpha value is -1.54. The van der Waals surface area contributed by atoms with Crippen LogP contribution in [0.2, 0.25) is 0 Å². The van der Waals surface area contributed by atoms with Gasteiger partial charge in [0.15, 0.2) is 5.82 Å². The maximum absolute atomic E-state index is 11.5. The van der Waals surface area contributed by atoms with E-state index < -0.39 is 0 Å². The number of nitrogens with zero attached hydrogens (tertiary/aromatic N) is 3. The first-order valence-corrected chi connectivity index (χ1v) is 4.96. The number of aryl methyl sites for hydroxylation is 1. The number of amides is 1. The van der Waals surface area contributed by atoms with Crippen LogP contribution in [-0.4, -0.2) is 28.0 Å². The number of hydrogen-bond donors (Lipinski definition) is 1. The molecule has 2 heterocycles. The molecule has 0 bridgehead atoms. The van der Waals surface area contributed by atoms with E-state index in [1.807, 2.05) is 6.07 Å². The Morgan fingerprint density at radius 2 is 2.47 bits per heavy atom. The number of hydrogen-bond acceptors (Lipinski definition) is 3. The molecule has 0 spiro atoms. The van der Waals surface area contributed by atoms with Gasteiger partial charge in [-0.1, -0.05) is 0 Å². The number of aromatic nitrogens is 2. The molecule has 0 aliphatic carbocycles. The largest absolute Gasteiger partial charge is 0.293 e. The molecule has 78 valence electrons. The van der Waals surface area contributed by atoms with E-state index in [9.17, 15) is 4.79 Å². The van der Waals surface area contributed by atoms with Gasteiger partial charge in [-0.2, -0.15) is 10.4 Å². The molecule has 15 heavy (non-hydrogen) atoms. The van der Waals surface area contributed by atoms with Gasteiger partial charge in [0.2, 0.25) is 5.91 Å². The van der Waals surface area contributed by atoms with Gasteiger partial charge in [0.05, 0.1) is 11.1 Å². The maximum atomic E-state index is 11.5. The van der Waals surface area contributed by atoms with Crippen molar-refractivity contribution in [2.24, 2.45) is 0 Å². The lowest BCUT2D eigenvalue weighted by Crippen LogP contribution is -2.25. The van der Waals surface area contributed by atoms with Crippen molar-refractivity contribution in [2.45, 2.75) is 18.7 Å². The lowest BCUT2D eigenvalue weighted by Gasteiger charge is -2.12. The summed E-state index contributed by atoms with van der Waals surface area (Å²) in [5.41, 5.74) is 1.08. The van der Waals surface area contributed by atoms with Crippen LogP contribution in [0.25, 0.3) is 0 Å². The van der Waals surface area contributed by atoms with Crippen LogP contribution >= 0.6 is 11.6 Å². The van der Waals surface area contributed by atoms with Gasteiger partial charge in [-0.05, 0) is 6.92 Å². The van der Waals surface area contributed by atoms with Crippen LogP contribution in [0.5, 0.6) is 0 Å². The molecule has 0 radical (unpaired) electrons. The highest BCUT2D eigenvalue weighted by molar-refractivity contribution is 6.24. The summed E-state index contributed by atoms with van der Waals surface area (Å²) in [6.07, 6.45) is 0.304. The number of nitrogens with one attached hydrogen (secondary N) is 1. The van der Waals surface area contributed by atoms with Crippen LogP contribution < -0.4 is 4.90 Å². The van der Waals surface area contributed by atoms with Crippen molar-refractivity contribution < 1.29 is 4.79 Å². The van der Waals surface area contributed by atoms with Crippen molar-refractivity contribution in [1.29, 1.82) is 5.26 Å². The molecule has 1 aliphatic rings. The van der Waals surface area contributed by atoms with Gasteiger partial charge in [0, 0.05) is 13.0 Å². The van der Waals surface area contributed by atoms with Crippen molar-refractivity contribution in [3.8, 4) is 6.07 Å². The van der Waals surface area contributed by atoms with Gasteiger partial charge in [-0.3, -0.25) is 14.8 Å². The molecule has 1 saturated heterocycles. The zero-order valence-electron chi connectivity index (χ0n) is 8.12. The first-order valence-electron chi connectivity index (χ1n) is 4.53. The summed E-state index contributed by atoms with van der Waals surface area (Å²) in [6, 6.07) is 2.03. The van der Waals surface area contributed by atoms with Crippen molar-refractivity contribution in [3.63, 3.8) is 0 Å². The van der Waals surface area contributed by atoms with Gasteiger partial charge in [-0.15, -0.1) is 11.6 Å². The maximum Gasteiger partial charge on any atom is 0.229 e. The summed E-state index contributed by atoms with van der Waals surface area (Å²) >= 11 is 5.87. The molecule has 1 atom stereocenters. The van der Waals surface area contributed by atoms with Crippen LogP contribution in [0.3, 0.4) is 0 Å². The molecule has 2 rings (SSSR count). The van der Waals surface area contributed by atoms with E-state index in [0.717, 1.165) is 0 Å². The van der Waals surface area contributed by atoms with E-state index in [1.54, 1.807) is 6.92 Å². The number of anilines is 1. The SMILES string of the molecule is Cc1[nH]nc(N2CC(Cl)CC2=O)c1C#N. The smallest absolute Gasteiger partial charge is 0.229 e. The molecule has 0 saturated carbocycles. The topological polar surface area (TPSA) is 72.8 Å². The summed E-state index contributed by atoms with van der Waals surface area (Å²) in [4.78, 5) is 13.0. The Morgan fingerprint density at radius 3 is 3.00 bits per heavy atom. The molecule has 1 aromatic heterocycles. The Kier molecular flexibility index (Phi) is 2.37. The molecule has 0 aromatic carbocycles. The van der Waals surface area contributed by atoms with Crippen molar-refractivity contribution in [1.82, 2.24) is 10.2 Å². The molecule has 6 heteroatoms. The van der Waals surface area contributed by atoms with Crippen LogP contribution in [0.4, 0.5) is 5.82 Å². The molecule has 1 aromatic rings. The molecular formula is C9H9ClN4O. The van der Waals surface area contributed by atoms with E-state index in [0.29, 0.717) is 30.0 Å². The van der Waals surface area contributed by atoms with Gasteiger partial charge < -0.3 is 0 Å². The fourth-order valence-corrected chi connectivity index (χ4v) is 1.88. The second-order valence-corrected chi connectivity index (χ2v) is 4.08. The second kappa shape index (κ2) is 3.55. The van der Waals surface area contributed by atoms with Gasteiger partial charge >= 0.3 is 0 Å². The fourth-order valence-electron chi connectivity index (χ4n) is 1.61. The number of rotatable bonds is 1. The minimum Gasteiger partial charge on any atom is -0.293 e. The number of carbonyl (C=O) groups is 1. The molecule has 1 aliphatic heterocycles. The lowest BCUT2D eigenvalue weighted by molar-refractivity contribution is -0.117. The Balaban J connectivity index is 2.39. The minimum atomic E-state index is -0.193. The van der Waals surface area contributed by atoms with Crippen molar-refractivity contribution in [3.05, 3.63) is 11.3 Å². The third-order valence-electron chi connectivity index (χ3n) is 2.37. The number of nitriles is 1. The molecule has 1 unspecified atom stereocenters. The van der Waals surface area contributed by atoms with Crippen LogP contribution in [-0.2, 0) is 4.79 Å². The third kappa shape index (κ3) is 1.57. The van der Waals surface area contributed by atoms with Crippen molar-refractivity contribution in [2.75, 3.05) is 11.4 Å². The van der Waals surface area contributed by atoms with E-state index in [4.69, 9.17) is 16.9 Å². The number of halogens is 1. The normalized spacial score (nSPS) is 20.7. The van der Waals surface area contributed by atoms with Gasteiger partial charge in [0.1, 0.15) is 11.6 Å². The monoisotopic (exact) mass is 224 g/mol. The summed E-state index contributed by atoms with van der Waals surface area (Å²) in [7, 11) is 0. The number of H-pyrrole nitrogens is 1. The first kappa shape index (κ1) is 9.99. The highest BCUT2D eigenvalue weighted by Gasteiger charge is 2.32. The Bertz CT molecular complexity index is 447. The van der Waals surface area contributed by atoms with Crippen LogP contribution in [0.15, 0.2) is 0 Å². The summed E-state index contributed by atoms with van der Waals surface area (Å²) < 4.78 is 0. The molecule has 5 nitrogen and oxygen atoms in total. The summed E-state index contributed by atoms with van der Waals surface area (Å²) in [6.45, 7) is 2.16. The Labute approximate surface area is 91.6 Å². The average Bonchev–Trinajstić information content (AvgIpc) is 2.69. The number of aromatic amines is 1. The standard InChI is InChI=1S/C9H9ClN4O/c1-5-7(3-11)9(13-12-5)14-4-6(10)2-8(14)15/h6H,2,4H2,1H3,(H,12,13). The molecule has 1 amide bonds. The average molecular weight is 225 g/mol. The predicted octanol–water partition coefficient (Wildman–Crippen LogP) is 0.934. The number of carbonyl (C=O) groups excluding carboxylic acids is 1. The zero-order chi connectivity index (χ0) is 11.0. The van der Waals surface area contributed by atoms with E-state index >= 15 is 0 Å². The molecular weight excluding hydrogens is 216 g/mol. The zero-order valence-corrected chi connectivity index (χ0v) is 8.88. The van der Waals surface area contributed by atoms with Gasteiger partial charge in [0.25, 0.3) is 0 Å². The first-order chi connectivity index (χ1) is 7.13. The van der Waals surface area contributed by atoms with E-state index in [1.165, 1.54) is 4.90 Å². The van der Waals surface area contributed by atoms with Crippen molar-refractivity contribution >= 4 is 23.3 Å². The Morgan fingerprint density at radius 1 is 1.73 bits per heavy atom. The third-order valence-corrected chi connectivity index (χ3v) is 2.67. The quantitative estimate of drug-likeness (QED) is 0.722. The lowest BCUT2D eigenvalue weighted by atomic mass is 10.2. The molecule has 1 fully saturated rings. The minimum absolute atomic E-state index is 0.0852. The second-order valence-electron chi connectivity index (χ2n) is 3.46. The van der Waals surface area contributed by atoms with Gasteiger partial charge in [-0.25, -0.2) is 0 Å². The summed E-state index contributed by atoms with van der Waals surface area (Å²) in [5.74, 6) is 0.307. The van der Waals surface area contributed by atoms with Crippen LogP contribution in [0.1, 0.15) is 17.7 Å². The number of alkyl halides is 1. The van der Waals surface area contributed by atoms with E-state index in [-0.39, 0.29) is 11.3 Å². The van der Waals surface area contributed by atoms with Crippen LogP contribution in [0, 0.1) is 18.3 Å². The molecule has 1 N–H and O–H groups in total.